The highest BCUT2D eigenvalue weighted by molar-refractivity contribution is 5.27. The highest BCUT2D eigenvalue weighted by Crippen LogP contribution is 2.45. The molecule has 3 N–H and O–H groups in total. The highest BCUT2D eigenvalue weighted by atomic mass is 16.3. The third-order valence-corrected chi connectivity index (χ3v) is 3.52. The van der Waals surface area contributed by atoms with Gasteiger partial charge in [0.05, 0.1) is 11.7 Å². The van der Waals surface area contributed by atoms with E-state index in [2.05, 4.69) is 12.3 Å². The molecule has 0 bridgehead atoms. The van der Waals surface area contributed by atoms with E-state index in [0.717, 1.165) is 0 Å². The van der Waals surface area contributed by atoms with E-state index >= 15 is 0 Å². The van der Waals surface area contributed by atoms with Crippen molar-refractivity contribution in [1.82, 2.24) is 0 Å². The van der Waals surface area contributed by atoms with Crippen molar-refractivity contribution in [1.29, 1.82) is 0 Å². The SMILES string of the molecule is C=CC(C)(O)C=C=C1C(C)(C)C[C@H](O)C[C@@]1(C)O. The first kappa shape index (κ1) is 15.2. The first-order valence-electron chi connectivity index (χ1n) is 6.25. The molecular formula is C15H24O3. The molecule has 0 saturated heterocycles. The second-order valence-corrected chi connectivity index (χ2v) is 6.31. The van der Waals surface area contributed by atoms with Crippen LogP contribution >= 0.6 is 0 Å². The Morgan fingerprint density at radius 2 is 1.94 bits per heavy atom. The van der Waals surface area contributed by atoms with E-state index in [-0.39, 0.29) is 5.41 Å². The number of hydrogen-bond donors (Lipinski definition) is 3. The van der Waals surface area contributed by atoms with E-state index in [9.17, 15) is 15.3 Å². The maximum Gasteiger partial charge on any atom is 0.105 e. The van der Waals surface area contributed by atoms with Gasteiger partial charge in [0.1, 0.15) is 5.60 Å². The Hall–Kier alpha value is -0.860. The molecule has 0 heterocycles. The van der Waals surface area contributed by atoms with Gasteiger partial charge >= 0.3 is 0 Å². The summed E-state index contributed by atoms with van der Waals surface area (Å²) in [5.74, 6) is 0. The van der Waals surface area contributed by atoms with E-state index in [1.807, 2.05) is 13.8 Å². The maximum atomic E-state index is 10.4. The normalized spacial score (nSPS) is 34.4. The van der Waals surface area contributed by atoms with E-state index < -0.39 is 17.3 Å². The van der Waals surface area contributed by atoms with Crippen LogP contribution in [0.4, 0.5) is 0 Å². The van der Waals surface area contributed by atoms with Crippen LogP contribution in [0.1, 0.15) is 40.5 Å². The van der Waals surface area contributed by atoms with Crippen molar-refractivity contribution in [3.8, 4) is 0 Å². The predicted molar refractivity (Wildman–Crippen MR) is 72.1 cm³/mol. The van der Waals surface area contributed by atoms with Crippen molar-refractivity contribution in [3.05, 3.63) is 30.0 Å². The third kappa shape index (κ3) is 3.33. The fourth-order valence-electron chi connectivity index (χ4n) is 2.68. The van der Waals surface area contributed by atoms with Crippen molar-refractivity contribution in [2.24, 2.45) is 5.41 Å². The molecule has 0 aromatic heterocycles. The second-order valence-electron chi connectivity index (χ2n) is 6.31. The van der Waals surface area contributed by atoms with Crippen molar-refractivity contribution < 1.29 is 15.3 Å². The summed E-state index contributed by atoms with van der Waals surface area (Å²) in [7, 11) is 0. The molecule has 0 aromatic carbocycles. The molecule has 0 spiro atoms. The Morgan fingerprint density at radius 1 is 1.39 bits per heavy atom. The molecule has 1 fully saturated rings. The van der Waals surface area contributed by atoms with Gasteiger partial charge in [0.2, 0.25) is 0 Å². The first-order chi connectivity index (χ1) is 8.00. The lowest BCUT2D eigenvalue weighted by Crippen LogP contribution is -2.45. The molecule has 1 rings (SSSR count). The van der Waals surface area contributed by atoms with Crippen LogP contribution in [0.25, 0.3) is 0 Å². The van der Waals surface area contributed by atoms with Gasteiger partial charge in [0.25, 0.3) is 0 Å². The Balaban J connectivity index is 3.26. The lowest BCUT2D eigenvalue weighted by molar-refractivity contribution is -0.0269. The summed E-state index contributed by atoms with van der Waals surface area (Å²) in [6, 6.07) is 0. The summed E-state index contributed by atoms with van der Waals surface area (Å²) in [5, 5.41) is 30.1. The van der Waals surface area contributed by atoms with Crippen molar-refractivity contribution in [3.63, 3.8) is 0 Å². The fourth-order valence-corrected chi connectivity index (χ4v) is 2.68. The first-order valence-corrected chi connectivity index (χ1v) is 6.25. The lowest BCUT2D eigenvalue weighted by atomic mass is 9.65. The molecule has 3 heteroatoms. The standard InChI is InChI=1S/C15H24O3/c1-6-14(4,17)8-7-12-13(2,3)9-11(16)10-15(12,5)18/h6,8,11,16-18H,1,9-10H2,2-5H3/t7?,11-,14?,15+/m0/s1. The van der Waals surface area contributed by atoms with Crippen LogP contribution in [0.3, 0.4) is 0 Å². The summed E-state index contributed by atoms with van der Waals surface area (Å²) in [6.45, 7) is 10.8. The van der Waals surface area contributed by atoms with Crippen LogP contribution in [-0.4, -0.2) is 32.6 Å². The lowest BCUT2D eigenvalue weighted by Gasteiger charge is -2.43. The van der Waals surface area contributed by atoms with E-state index in [4.69, 9.17) is 0 Å². The van der Waals surface area contributed by atoms with Gasteiger partial charge in [-0.2, -0.15) is 0 Å². The maximum absolute atomic E-state index is 10.4. The van der Waals surface area contributed by atoms with Gasteiger partial charge in [-0.15, -0.1) is 5.73 Å². The molecule has 18 heavy (non-hydrogen) atoms. The Kier molecular flexibility index (Phi) is 3.94. The second kappa shape index (κ2) is 4.67. The Morgan fingerprint density at radius 3 is 2.39 bits per heavy atom. The van der Waals surface area contributed by atoms with Crippen molar-refractivity contribution >= 4 is 0 Å². The number of rotatable bonds is 2. The molecule has 1 unspecified atom stereocenters. The molecule has 3 atom stereocenters. The Bertz CT molecular complexity index is 376. The molecule has 3 nitrogen and oxygen atoms in total. The van der Waals surface area contributed by atoms with Crippen LogP contribution in [0.15, 0.2) is 30.0 Å². The number of aliphatic hydroxyl groups is 3. The van der Waals surface area contributed by atoms with Crippen LogP contribution in [0, 0.1) is 5.41 Å². The van der Waals surface area contributed by atoms with E-state index in [0.29, 0.717) is 18.4 Å². The van der Waals surface area contributed by atoms with Crippen molar-refractivity contribution in [2.75, 3.05) is 0 Å². The summed E-state index contributed by atoms with van der Waals surface area (Å²) < 4.78 is 0. The minimum absolute atomic E-state index is 0.294. The van der Waals surface area contributed by atoms with Gasteiger partial charge in [0, 0.05) is 12.0 Å². The van der Waals surface area contributed by atoms with Crippen LogP contribution in [0.5, 0.6) is 0 Å². The fraction of sp³-hybridized carbons (Fsp3) is 0.667. The molecule has 0 aliphatic heterocycles. The summed E-state index contributed by atoms with van der Waals surface area (Å²) in [6.07, 6.45) is 3.28. The third-order valence-electron chi connectivity index (χ3n) is 3.52. The molecule has 0 aromatic rings. The molecule has 1 aliphatic rings. The average molecular weight is 252 g/mol. The van der Waals surface area contributed by atoms with Gasteiger partial charge in [-0.05, 0) is 31.8 Å². The average Bonchev–Trinajstić information content (AvgIpc) is 2.12. The molecule has 102 valence electrons. The molecular weight excluding hydrogens is 228 g/mol. The van der Waals surface area contributed by atoms with E-state index in [1.165, 1.54) is 12.2 Å². The summed E-state index contributed by atoms with van der Waals surface area (Å²) in [4.78, 5) is 0. The van der Waals surface area contributed by atoms with Crippen LogP contribution in [0.2, 0.25) is 0 Å². The summed E-state index contributed by atoms with van der Waals surface area (Å²) in [5.41, 5.74) is 1.14. The number of hydrogen-bond acceptors (Lipinski definition) is 3. The topological polar surface area (TPSA) is 60.7 Å². The molecule has 1 saturated carbocycles. The molecule has 0 radical (unpaired) electrons. The molecule has 1 aliphatic carbocycles. The quantitative estimate of drug-likeness (QED) is 0.520. The zero-order chi connectivity index (χ0) is 14.2. The molecule has 0 amide bonds. The monoisotopic (exact) mass is 252 g/mol. The minimum Gasteiger partial charge on any atom is -0.393 e. The summed E-state index contributed by atoms with van der Waals surface area (Å²) >= 11 is 0. The predicted octanol–water partition coefficient (Wildman–Crippen LogP) is 1.94. The van der Waals surface area contributed by atoms with Crippen LogP contribution < -0.4 is 0 Å². The largest absolute Gasteiger partial charge is 0.393 e. The zero-order valence-corrected chi connectivity index (χ0v) is 11.7. The zero-order valence-electron chi connectivity index (χ0n) is 11.7. The number of aliphatic hydroxyl groups excluding tert-OH is 1. The van der Waals surface area contributed by atoms with Crippen LogP contribution in [-0.2, 0) is 0 Å². The smallest absolute Gasteiger partial charge is 0.105 e. The van der Waals surface area contributed by atoms with Gasteiger partial charge < -0.3 is 15.3 Å². The highest BCUT2D eigenvalue weighted by Gasteiger charge is 2.44. The van der Waals surface area contributed by atoms with Gasteiger partial charge in [0.15, 0.2) is 0 Å². The van der Waals surface area contributed by atoms with Gasteiger partial charge in [-0.1, -0.05) is 26.5 Å². The Labute approximate surface area is 109 Å². The minimum atomic E-state index is -1.14. The van der Waals surface area contributed by atoms with Gasteiger partial charge in [-0.25, -0.2) is 0 Å². The van der Waals surface area contributed by atoms with Crippen molar-refractivity contribution in [2.45, 2.75) is 57.8 Å². The van der Waals surface area contributed by atoms with Gasteiger partial charge in [-0.3, -0.25) is 0 Å². The van der Waals surface area contributed by atoms with E-state index in [1.54, 1.807) is 13.8 Å².